The first-order valence-electron chi connectivity index (χ1n) is 19.8. The van der Waals surface area contributed by atoms with Crippen LogP contribution >= 0.6 is 31.9 Å². The molecule has 0 spiro atoms. The molecule has 310 valence electrons. The van der Waals surface area contributed by atoms with E-state index in [2.05, 4.69) is 56.2 Å². The van der Waals surface area contributed by atoms with Crippen LogP contribution in [0.3, 0.4) is 0 Å². The molecule has 2 fully saturated rings. The molecule has 2 saturated heterocycles. The number of hydrogen-bond acceptors (Lipinski definition) is 6. The standard InChI is InChI=1S/C26H33BrN2O3.C19H27BrN2O3/c1-18-15-19(2)23(22(27)16-18)29(17-20-9-7-6-8-10-20)24(30)21-11-13-28(14-12-21)25(31)32-26(3,4)5;1-12-10-13(2)16(15(20)11-12)21-17(23)14-6-8-22(9-7-14)18(24)25-19(3,4)5/h6-10,15-16,21H,11-14,17H2,1-5H3;10-11,14H,6-9H2,1-5H3,(H,21,23). The van der Waals surface area contributed by atoms with E-state index in [1.54, 1.807) is 9.80 Å². The normalized spacial score (nSPS) is 15.3. The number of aryl methyl sites for hydroxylation is 4. The summed E-state index contributed by atoms with van der Waals surface area (Å²) in [7, 11) is 0. The molecule has 3 aromatic carbocycles. The van der Waals surface area contributed by atoms with E-state index in [-0.39, 0.29) is 35.8 Å². The van der Waals surface area contributed by atoms with Gasteiger partial charge in [0.25, 0.3) is 0 Å². The summed E-state index contributed by atoms with van der Waals surface area (Å²) in [4.78, 5) is 56.2. The Kier molecular flexibility index (Phi) is 15.8. The van der Waals surface area contributed by atoms with Crippen LogP contribution in [-0.4, -0.2) is 71.2 Å². The molecule has 0 radical (unpaired) electrons. The highest BCUT2D eigenvalue weighted by Crippen LogP contribution is 2.35. The summed E-state index contributed by atoms with van der Waals surface area (Å²) in [5.74, 6) is -0.113. The SMILES string of the molecule is Cc1cc(C)c(N(Cc2ccccc2)C(=O)C2CCN(C(=O)OC(C)(C)C)CC2)c(Br)c1.Cc1cc(C)c(NC(=O)C2CCN(C(=O)OC(C)(C)C)CC2)c(Br)c1. The summed E-state index contributed by atoms with van der Waals surface area (Å²) in [6.07, 6.45) is 1.95. The molecule has 0 aromatic heterocycles. The van der Waals surface area contributed by atoms with Gasteiger partial charge in [-0.3, -0.25) is 9.59 Å². The van der Waals surface area contributed by atoms with Crippen molar-refractivity contribution in [2.75, 3.05) is 36.4 Å². The lowest BCUT2D eigenvalue weighted by molar-refractivity contribution is -0.124. The van der Waals surface area contributed by atoms with Crippen molar-refractivity contribution in [2.24, 2.45) is 11.8 Å². The second-order valence-corrected chi connectivity index (χ2v) is 18.9. The predicted molar refractivity (Wildman–Crippen MR) is 235 cm³/mol. The van der Waals surface area contributed by atoms with E-state index in [1.807, 2.05) is 110 Å². The fourth-order valence-corrected chi connectivity index (χ4v) is 8.75. The maximum atomic E-state index is 13.8. The highest BCUT2D eigenvalue weighted by Gasteiger charge is 2.34. The Labute approximate surface area is 356 Å². The molecule has 1 N–H and O–H groups in total. The summed E-state index contributed by atoms with van der Waals surface area (Å²) in [6.45, 7) is 21.9. The van der Waals surface area contributed by atoms with Gasteiger partial charge in [0.15, 0.2) is 0 Å². The zero-order valence-electron chi connectivity index (χ0n) is 35.3. The van der Waals surface area contributed by atoms with Crippen molar-refractivity contribution in [3.63, 3.8) is 0 Å². The van der Waals surface area contributed by atoms with E-state index in [9.17, 15) is 19.2 Å². The molecule has 0 saturated carbocycles. The second kappa shape index (κ2) is 19.7. The molecule has 5 rings (SSSR count). The van der Waals surface area contributed by atoms with Crippen LogP contribution in [0.25, 0.3) is 0 Å². The Morgan fingerprint density at radius 3 is 1.60 bits per heavy atom. The number of hydrogen-bond donors (Lipinski definition) is 1. The first-order chi connectivity index (χ1) is 26.6. The molecule has 2 heterocycles. The van der Waals surface area contributed by atoms with E-state index in [4.69, 9.17) is 9.47 Å². The lowest BCUT2D eigenvalue weighted by atomic mass is 9.94. The topological polar surface area (TPSA) is 108 Å². The molecule has 10 nitrogen and oxygen atoms in total. The minimum atomic E-state index is -0.522. The van der Waals surface area contributed by atoms with Crippen molar-refractivity contribution in [2.45, 2.75) is 113 Å². The van der Waals surface area contributed by atoms with Gasteiger partial charge in [-0.05, 0) is 167 Å². The molecule has 0 unspecified atom stereocenters. The lowest BCUT2D eigenvalue weighted by Gasteiger charge is -2.35. The molecule has 0 atom stereocenters. The summed E-state index contributed by atoms with van der Waals surface area (Å²) < 4.78 is 12.7. The number of rotatable bonds is 6. The number of carbonyl (C=O) groups is 4. The second-order valence-electron chi connectivity index (χ2n) is 17.2. The van der Waals surface area contributed by atoms with Crippen LogP contribution in [0.4, 0.5) is 21.0 Å². The smallest absolute Gasteiger partial charge is 0.410 e. The van der Waals surface area contributed by atoms with Crippen LogP contribution < -0.4 is 10.2 Å². The van der Waals surface area contributed by atoms with Gasteiger partial charge in [0.05, 0.1) is 17.9 Å². The van der Waals surface area contributed by atoms with Gasteiger partial charge in [0.2, 0.25) is 11.8 Å². The number of nitrogens with zero attached hydrogens (tertiary/aromatic N) is 3. The number of piperidine rings is 2. The molecule has 2 aliphatic rings. The maximum absolute atomic E-state index is 13.8. The Morgan fingerprint density at radius 1 is 0.684 bits per heavy atom. The molecule has 0 bridgehead atoms. The largest absolute Gasteiger partial charge is 0.444 e. The number of nitrogens with one attached hydrogen (secondary N) is 1. The van der Waals surface area contributed by atoms with E-state index < -0.39 is 11.2 Å². The van der Waals surface area contributed by atoms with Crippen molar-refractivity contribution in [1.82, 2.24) is 9.80 Å². The van der Waals surface area contributed by atoms with Gasteiger partial charge in [-0.25, -0.2) is 9.59 Å². The maximum Gasteiger partial charge on any atom is 0.410 e. The van der Waals surface area contributed by atoms with Crippen molar-refractivity contribution in [3.8, 4) is 0 Å². The molecular weight excluding hydrogens is 852 g/mol. The zero-order valence-corrected chi connectivity index (χ0v) is 38.4. The number of carbonyl (C=O) groups excluding carboxylic acids is 4. The van der Waals surface area contributed by atoms with Gasteiger partial charge in [-0.1, -0.05) is 42.5 Å². The first-order valence-corrected chi connectivity index (χ1v) is 21.4. The summed E-state index contributed by atoms with van der Waals surface area (Å²) in [5.41, 5.74) is 6.19. The number of ether oxygens (including phenoxy) is 2. The van der Waals surface area contributed by atoms with Gasteiger partial charge >= 0.3 is 12.2 Å². The van der Waals surface area contributed by atoms with E-state index in [1.165, 1.54) is 0 Å². The third-order valence-electron chi connectivity index (χ3n) is 9.81. The molecule has 3 aromatic rings. The third-order valence-corrected chi connectivity index (χ3v) is 11.0. The monoisotopic (exact) mass is 910 g/mol. The number of amides is 4. The van der Waals surface area contributed by atoms with E-state index in [0.717, 1.165) is 48.1 Å². The lowest BCUT2D eigenvalue weighted by Crippen LogP contribution is -2.46. The molecule has 57 heavy (non-hydrogen) atoms. The Hall–Kier alpha value is -3.90. The minimum Gasteiger partial charge on any atom is -0.444 e. The highest BCUT2D eigenvalue weighted by atomic mass is 79.9. The van der Waals surface area contributed by atoms with Gasteiger partial charge < -0.3 is 29.5 Å². The highest BCUT2D eigenvalue weighted by molar-refractivity contribution is 9.11. The number of anilines is 2. The zero-order chi connectivity index (χ0) is 42.2. The Balaban J connectivity index is 0.000000261. The fraction of sp³-hybridized carbons (Fsp3) is 0.511. The third kappa shape index (κ3) is 13.6. The average molecular weight is 913 g/mol. The first kappa shape index (κ1) is 45.8. The van der Waals surface area contributed by atoms with Crippen LogP contribution in [0.15, 0.2) is 63.5 Å². The van der Waals surface area contributed by atoms with Crippen molar-refractivity contribution >= 4 is 67.2 Å². The van der Waals surface area contributed by atoms with Gasteiger partial charge in [0, 0.05) is 47.0 Å². The molecule has 0 aliphatic carbocycles. The number of benzene rings is 3. The summed E-state index contributed by atoms with van der Waals surface area (Å²) >= 11 is 7.22. The van der Waals surface area contributed by atoms with Crippen LogP contribution in [0, 0.1) is 39.5 Å². The van der Waals surface area contributed by atoms with E-state index in [0.29, 0.717) is 58.4 Å². The van der Waals surface area contributed by atoms with Crippen LogP contribution in [0.2, 0.25) is 0 Å². The van der Waals surface area contributed by atoms with Crippen molar-refractivity contribution in [1.29, 1.82) is 0 Å². The van der Waals surface area contributed by atoms with Gasteiger partial charge in [0.1, 0.15) is 11.2 Å². The Bertz CT molecular complexity index is 1840. The molecular formula is C45H60Br2N4O6. The minimum absolute atomic E-state index is 0.0106. The Morgan fingerprint density at radius 2 is 1.14 bits per heavy atom. The predicted octanol–water partition coefficient (Wildman–Crippen LogP) is 10.9. The number of halogens is 2. The average Bonchev–Trinajstić information content (AvgIpc) is 3.11. The van der Waals surface area contributed by atoms with Crippen LogP contribution in [0.1, 0.15) is 95.0 Å². The molecule has 12 heteroatoms. The van der Waals surface area contributed by atoms with Crippen molar-refractivity contribution in [3.05, 3.63) is 91.4 Å². The van der Waals surface area contributed by atoms with Gasteiger partial charge in [-0.2, -0.15) is 0 Å². The van der Waals surface area contributed by atoms with Crippen LogP contribution in [0.5, 0.6) is 0 Å². The number of likely N-dealkylation sites (tertiary alicyclic amines) is 2. The summed E-state index contributed by atoms with van der Waals surface area (Å²) in [5, 5.41) is 3.04. The molecule has 2 aliphatic heterocycles. The van der Waals surface area contributed by atoms with Crippen molar-refractivity contribution < 1.29 is 28.7 Å². The van der Waals surface area contributed by atoms with Crippen LogP contribution in [-0.2, 0) is 25.6 Å². The fourth-order valence-electron chi connectivity index (χ4n) is 7.09. The molecule has 4 amide bonds. The summed E-state index contributed by atoms with van der Waals surface area (Å²) in [6, 6.07) is 18.3. The van der Waals surface area contributed by atoms with Gasteiger partial charge in [-0.15, -0.1) is 0 Å². The van der Waals surface area contributed by atoms with E-state index >= 15 is 0 Å². The quantitative estimate of drug-likeness (QED) is 0.264.